The maximum Gasteiger partial charge on any atom is 0.186 e. The van der Waals surface area contributed by atoms with E-state index in [0.717, 1.165) is 5.56 Å². The van der Waals surface area contributed by atoms with Crippen molar-refractivity contribution in [3.63, 3.8) is 0 Å². The molecule has 0 spiro atoms. The topological polar surface area (TPSA) is 158 Å². The number of methoxy groups -OCH3 is 1. The first-order valence-electron chi connectivity index (χ1n) is 11.6. The number of benzene rings is 2. The summed E-state index contributed by atoms with van der Waals surface area (Å²) in [6.45, 7) is 1.57. The summed E-state index contributed by atoms with van der Waals surface area (Å²) in [7, 11) is 1.44. The fraction of sp³-hybridized carbons (Fsp3) is 0.520. The van der Waals surface area contributed by atoms with Gasteiger partial charge in [-0.25, -0.2) is 0 Å². The molecule has 2 aliphatic rings. The third kappa shape index (κ3) is 5.04. The van der Waals surface area contributed by atoms with Crippen molar-refractivity contribution in [2.75, 3.05) is 20.3 Å². The number of ether oxygens (including phenoxy) is 4. The Morgan fingerprint density at radius 3 is 2.46 bits per heavy atom. The van der Waals surface area contributed by atoms with E-state index >= 15 is 0 Å². The van der Waals surface area contributed by atoms with Crippen molar-refractivity contribution in [1.29, 1.82) is 0 Å². The van der Waals surface area contributed by atoms with Crippen LogP contribution >= 0.6 is 0 Å². The third-order valence-corrected chi connectivity index (χ3v) is 6.57. The van der Waals surface area contributed by atoms with E-state index in [2.05, 4.69) is 0 Å². The minimum absolute atomic E-state index is 0.0129. The molecule has 35 heavy (non-hydrogen) atoms. The summed E-state index contributed by atoms with van der Waals surface area (Å²) in [5.74, 6) is 0.00182. The van der Waals surface area contributed by atoms with Gasteiger partial charge in [-0.2, -0.15) is 0 Å². The summed E-state index contributed by atoms with van der Waals surface area (Å²) in [6.07, 6.45) is -5.63. The van der Waals surface area contributed by atoms with Gasteiger partial charge in [-0.05, 0) is 49.1 Å². The summed E-state index contributed by atoms with van der Waals surface area (Å²) in [4.78, 5) is 0. The van der Waals surface area contributed by atoms with Crippen LogP contribution in [0.15, 0.2) is 30.3 Å². The fourth-order valence-electron chi connectivity index (χ4n) is 4.60. The first-order valence-corrected chi connectivity index (χ1v) is 11.6. The second-order valence-corrected chi connectivity index (χ2v) is 8.95. The number of hydrogen-bond acceptors (Lipinski definition) is 10. The normalized spacial score (nSPS) is 30.1. The van der Waals surface area contributed by atoms with Crippen molar-refractivity contribution >= 4 is 0 Å². The van der Waals surface area contributed by atoms with Crippen molar-refractivity contribution in [1.82, 2.24) is 0 Å². The molecule has 6 N–H and O–H groups in total. The molecule has 0 amide bonds. The summed E-state index contributed by atoms with van der Waals surface area (Å²) < 4.78 is 22.8. The van der Waals surface area contributed by atoms with Gasteiger partial charge in [-0.15, -0.1) is 0 Å². The highest BCUT2D eigenvalue weighted by Crippen LogP contribution is 2.51. The summed E-state index contributed by atoms with van der Waals surface area (Å²) >= 11 is 0. The Hall–Kier alpha value is -2.60. The smallest absolute Gasteiger partial charge is 0.186 e. The highest BCUT2D eigenvalue weighted by atomic mass is 16.7. The molecule has 1 fully saturated rings. The number of rotatable bonds is 8. The molecule has 10 heteroatoms. The van der Waals surface area contributed by atoms with E-state index < -0.39 is 42.7 Å². The van der Waals surface area contributed by atoms with Crippen molar-refractivity contribution in [3.8, 4) is 23.0 Å². The Kier molecular flexibility index (Phi) is 7.70. The minimum atomic E-state index is -1.46. The molecule has 2 heterocycles. The van der Waals surface area contributed by atoms with Crippen LogP contribution < -0.4 is 9.47 Å². The highest BCUT2D eigenvalue weighted by molar-refractivity contribution is 5.55. The first-order chi connectivity index (χ1) is 16.7. The number of aryl methyl sites for hydroxylation is 1. The largest absolute Gasteiger partial charge is 0.504 e. The molecule has 0 aliphatic carbocycles. The predicted octanol–water partition coefficient (Wildman–Crippen LogP) is 1.09. The summed E-state index contributed by atoms with van der Waals surface area (Å²) in [6, 6.07) is 8.28. The zero-order valence-electron chi connectivity index (χ0n) is 19.6. The molecule has 2 aromatic carbocycles. The molecule has 0 bridgehead atoms. The number of hydrogen-bond donors (Lipinski definition) is 6. The molecular weight excluding hydrogens is 460 g/mol. The predicted molar refractivity (Wildman–Crippen MR) is 123 cm³/mol. The molecule has 0 aromatic heterocycles. The van der Waals surface area contributed by atoms with Gasteiger partial charge in [0.25, 0.3) is 0 Å². The Morgan fingerprint density at radius 1 is 0.971 bits per heavy atom. The maximum atomic E-state index is 10.7. The number of phenols is 2. The van der Waals surface area contributed by atoms with Crippen LogP contribution in [-0.2, 0) is 15.9 Å². The molecule has 1 saturated heterocycles. The highest BCUT2D eigenvalue weighted by Gasteiger charge is 2.44. The SMILES string of the molecule is COc1cc([C@H]2Oc3c(O)cc(CCCO)cc3[C@@H]2CO[C@@H]2O[C@@H](C)[C@H](O)[C@@H](O)[C@H]2O)ccc1O. The second kappa shape index (κ2) is 10.6. The van der Waals surface area contributed by atoms with E-state index in [1.807, 2.05) is 6.07 Å². The molecule has 2 aromatic rings. The second-order valence-electron chi connectivity index (χ2n) is 8.95. The molecule has 7 atom stereocenters. The Balaban J connectivity index is 1.65. The number of aliphatic hydroxyl groups excluding tert-OH is 4. The minimum Gasteiger partial charge on any atom is -0.504 e. The van der Waals surface area contributed by atoms with E-state index in [1.165, 1.54) is 13.2 Å². The average Bonchev–Trinajstić information content (AvgIpc) is 3.22. The molecule has 2 aliphatic heterocycles. The number of aromatic hydroxyl groups is 2. The van der Waals surface area contributed by atoms with Gasteiger partial charge in [0, 0.05) is 12.2 Å². The van der Waals surface area contributed by atoms with Gasteiger partial charge in [-0.1, -0.05) is 12.1 Å². The van der Waals surface area contributed by atoms with Crippen molar-refractivity contribution in [2.24, 2.45) is 0 Å². The van der Waals surface area contributed by atoms with Gasteiger partial charge in [0.05, 0.1) is 25.7 Å². The van der Waals surface area contributed by atoms with Gasteiger partial charge in [-0.3, -0.25) is 0 Å². The Bertz CT molecular complexity index is 1030. The average molecular weight is 493 g/mol. The van der Waals surface area contributed by atoms with Crippen LogP contribution in [0.1, 0.15) is 42.1 Å². The Labute approximate surface area is 202 Å². The van der Waals surface area contributed by atoms with Gasteiger partial charge in [0.1, 0.15) is 24.4 Å². The van der Waals surface area contributed by atoms with E-state index in [9.17, 15) is 30.6 Å². The van der Waals surface area contributed by atoms with Crippen LogP contribution in [0.4, 0.5) is 0 Å². The van der Waals surface area contributed by atoms with Crippen LogP contribution in [0.3, 0.4) is 0 Å². The zero-order chi connectivity index (χ0) is 25.3. The van der Waals surface area contributed by atoms with Crippen molar-refractivity contribution in [2.45, 2.75) is 62.5 Å². The summed E-state index contributed by atoms with van der Waals surface area (Å²) in [5, 5.41) is 60.3. The van der Waals surface area contributed by atoms with E-state index in [1.54, 1.807) is 25.1 Å². The quantitative estimate of drug-likeness (QED) is 0.315. The van der Waals surface area contributed by atoms with E-state index in [-0.39, 0.29) is 36.2 Å². The molecule has 0 unspecified atom stereocenters. The summed E-state index contributed by atoms with van der Waals surface area (Å²) in [5.41, 5.74) is 2.15. The molecule has 192 valence electrons. The lowest BCUT2D eigenvalue weighted by atomic mass is 9.90. The third-order valence-electron chi connectivity index (χ3n) is 6.57. The molecule has 10 nitrogen and oxygen atoms in total. The van der Waals surface area contributed by atoms with E-state index in [0.29, 0.717) is 24.0 Å². The van der Waals surface area contributed by atoms with Crippen LogP contribution in [-0.4, -0.2) is 81.7 Å². The lowest BCUT2D eigenvalue weighted by Crippen LogP contribution is -2.57. The van der Waals surface area contributed by atoms with Crippen molar-refractivity contribution < 1.29 is 49.6 Å². The standard InChI is InChI=1S/C25H32O10/c1-12-20(29)21(30)22(31)25(34-12)33-11-16-15-8-13(4-3-7-26)9-18(28)24(15)35-23(16)14-5-6-17(27)19(10-14)32-2/h5-6,8-10,12,16,20-23,25-31H,3-4,7,11H2,1-2H3/t12-,16-,20-,21+,22+,23+,25+/m0/s1. The maximum absolute atomic E-state index is 10.7. The molecular formula is C25H32O10. The van der Waals surface area contributed by atoms with Crippen molar-refractivity contribution in [3.05, 3.63) is 47.0 Å². The molecule has 0 saturated carbocycles. The zero-order valence-corrected chi connectivity index (χ0v) is 19.6. The van der Waals surface area contributed by atoms with E-state index in [4.69, 9.17) is 18.9 Å². The van der Waals surface area contributed by atoms with Crippen LogP contribution in [0, 0.1) is 0 Å². The molecule has 4 rings (SSSR count). The van der Waals surface area contributed by atoms with Crippen LogP contribution in [0.5, 0.6) is 23.0 Å². The first kappa shape index (κ1) is 25.5. The monoisotopic (exact) mass is 492 g/mol. The van der Waals surface area contributed by atoms with Crippen LogP contribution in [0.2, 0.25) is 0 Å². The van der Waals surface area contributed by atoms with Gasteiger partial charge >= 0.3 is 0 Å². The van der Waals surface area contributed by atoms with Gasteiger partial charge in [0.2, 0.25) is 0 Å². The van der Waals surface area contributed by atoms with Gasteiger partial charge in [0.15, 0.2) is 29.3 Å². The Morgan fingerprint density at radius 2 is 1.74 bits per heavy atom. The van der Waals surface area contributed by atoms with Gasteiger partial charge < -0.3 is 49.6 Å². The number of fused-ring (bicyclic) bond motifs is 1. The lowest BCUT2D eigenvalue weighted by molar-refractivity contribution is -0.294. The number of phenolic OH excluding ortho intramolecular Hbond substituents is 2. The molecule has 0 radical (unpaired) electrons. The van der Waals surface area contributed by atoms with Crippen LogP contribution in [0.25, 0.3) is 0 Å². The lowest BCUT2D eigenvalue weighted by Gasteiger charge is -2.39. The number of aliphatic hydroxyl groups is 4. The fourth-order valence-corrected chi connectivity index (χ4v) is 4.60.